The van der Waals surface area contributed by atoms with Gasteiger partial charge in [0.25, 0.3) is 5.91 Å². The van der Waals surface area contributed by atoms with E-state index in [1.165, 1.54) is 52.2 Å². The Morgan fingerprint density at radius 1 is 0.857 bits per heavy atom. The Kier molecular flexibility index (Phi) is 12.0. The largest absolute Gasteiger partial charge is 0.493 e. The van der Waals surface area contributed by atoms with Crippen LogP contribution in [0.4, 0.5) is 0 Å². The molecule has 8 atom stereocenters. The Bertz CT molecular complexity index is 1430. The first-order valence-electron chi connectivity index (χ1n) is 16.5. The van der Waals surface area contributed by atoms with E-state index in [1.807, 2.05) is 0 Å². The second-order valence-electron chi connectivity index (χ2n) is 13.2. The lowest BCUT2D eigenvalue weighted by molar-refractivity contribution is -0.145. The maximum absolute atomic E-state index is 14.1. The van der Waals surface area contributed by atoms with E-state index < -0.39 is 83.7 Å². The number of rotatable bonds is 7. The second kappa shape index (κ2) is 15.7. The third-order valence-corrected chi connectivity index (χ3v) is 9.37. The molecule has 49 heavy (non-hydrogen) atoms. The first-order valence-corrected chi connectivity index (χ1v) is 16.5. The van der Waals surface area contributed by atoms with Crippen molar-refractivity contribution in [3.05, 3.63) is 17.7 Å². The number of amides is 6. The Hall–Kier alpha value is -4.60. The van der Waals surface area contributed by atoms with E-state index >= 15 is 0 Å². The molecule has 1 aliphatic carbocycles. The number of carbonyl (C=O) groups is 6. The van der Waals surface area contributed by atoms with Gasteiger partial charge in [0.1, 0.15) is 24.2 Å². The molecule has 1 aromatic rings. The molecule has 270 valence electrons. The minimum Gasteiger partial charge on any atom is -0.493 e. The number of benzene rings is 1. The lowest BCUT2D eigenvalue weighted by Gasteiger charge is -2.33. The van der Waals surface area contributed by atoms with Crippen molar-refractivity contribution >= 4 is 35.4 Å². The van der Waals surface area contributed by atoms with E-state index in [-0.39, 0.29) is 35.9 Å². The highest BCUT2D eigenvalue weighted by atomic mass is 16.5. The highest BCUT2D eigenvalue weighted by Gasteiger charge is 2.45. The fraction of sp³-hybridized carbons (Fsp3) is 0.636. The van der Waals surface area contributed by atoms with Crippen LogP contribution in [0.3, 0.4) is 0 Å². The predicted octanol–water partition coefficient (Wildman–Crippen LogP) is -0.779. The molecule has 0 aromatic heterocycles. The number of carbonyl (C=O) groups excluding carboxylic acids is 6. The summed E-state index contributed by atoms with van der Waals surface area (Å²) in [6.07, 6.45) is 0.308. The molecule has 0 spiro atoms. The number of ether oxygens (including phenoxy) is 3. The second-order valence-corrected chi connectivity index (χ2v) is 13.2. The van der Waals surface area contributed by atoms with Crippen LogP contribution in [-0.2, 0) is 24.0 Å². The van der Waals surface area contributed by atoms with Crippen molar-refractivity contribution in [2.45, 2.75) is 95.7 Å². The molecule has 3 fully saturated rings. The molecule has 16 nitrogen and oxygen atoms in total. The summed E-state index contributed by atoms with van der Waals surface area (Å²) in [5.41, 5.74) is 0.164. The minimum absolute atomic E-state index is 0.0298. The molecule has 0 bridgehead atoms. The molecular weight excluding hydrogens is 640 g/mol. The molecule has 1 saturated carbocycles. The molecule has 6 amide bonds. The standard InChI is InChI=1S/C33H48N6O10/c1-15(2)25-32(45)38-26(17(4)40)33(46)39-14-19(35-29(42)18-11-23(47-5)27(49-7)24(12-18)48-6)13-22(39)31(44)34-16(3)28(41)36-21-10-8-9-20(21)30(43)37-25/h11-12,15-17,19-22,25-26,40H,8-10,13-14H2,1-7H3,(H,34,44)(H,35,42)(H,36,41)(H,37,43)(H,38,45)/t16-,17+,19-,20-,21-,22-,25+,26-/m0/s1. The van der Waals surface area contributed by atoms with Gasteiger partial charge in [-0.05, 0) is 51.2 Å². The summed E-state index contributed by atoms with van der Waals surface area (Å²) in [7, 11) is 4.26. The zero-order chi connectivity index (χ0) is 36.2. The maximum Gasteiger partial charge on any atom is 0.251 e. The first-order chi connectivity index (χ1) is 23.2. The van der Waals surface area contributed by atoms with E-state index in [2.05, 4.69) is 26.6 Å². The average molecular weight is 689 g/mol. The lowest BCUT2D eigenvalue weighted by Crippen LogP contribution is -2.62. The number of hydrogen-bond donors (Lipinski definition) is 6. The Labute approximate surface area is 285 Å². The van der Waals surface area contributed by atoms with Crippen molar-refractivity contribution in [2.24, 2.45) is 11.8 Å². The SMILES string of the molecule is COc1cc(C(=O)N[C@H]2C[C@H]3C(=O)N[C@@H](C)C(=O)N[C@H]4CCC[C@@H]4C(=O)N[C@H](C(C)C)C(=O)N[C@@H]([C@@H](C)O)C(=O)N3C2)cc(OC)c1OC. The fourth-order valence-electron chi connectivity index (χ4n) is 6.65. The molecule has 2 saturated heterocycles. The minimum atomic E-state index is -1.49. The van der Waals surface area contributed by atoms with Gasteiger partial charge in [0.05, 0.1) is 33.4 Å². The van der Waals surface area contributed by atoms with Crippen molar-refractivity contribution in [2.75, 3.05) is 27.9 Å². The Morgan fingerprint density at radius 3 is 2.06 bits per heavy atom. The number of fused-ring (bicyclic) bond motifs is 2. The van der Waals surface area contributed by atoms with E-state index in [4.69, 9.17) is 14.2 Å². The number of aliphatic hydroxyl groups excluding tert-OH is 1. The average Bonchev–Trinajstić information content (AvgIpc) is 3.71. The zero-order valence-corrected chi connectivity index (χ0v) is 29.0. The van der Waals surface area contributed by atoms with E-state index in [1.54, 1.807) is 13.8 Å². The van der Waals surface area contributed by atoms with Crippen LogP contribution in [0.5, 0.6) is 17.2 Å². The van der Waals surface area contributed by atoms with Crippen molar-refractivity contribution in [1.82, 2.24) is 31.5 Å². The summed E-state index contributed by atoms with van der Waals surface area (Å²) in [5, 5.41) is 24.5. The molecule has 16 heteroatoms. The predicted molar refractivity (Wildman–Crippen MR) is 175 cm³/mol. The van der Waals surface area contributed by atoms with E-state index in [9.17, 15) is 33.9 Å². The number of hydrogen-bond acceptors (Lipinski definition) is 10. The van der Waals surface area contributed by atoms with Crippen LogP contribution >= 0.6 is 0 Å². The summed E-state index contributed by atoms with van der Waals surface area (Å²) >= 11 is 0. The summed E-state index contributed by atoms with van der Waals surface area (Å²) in [5.74, 6) is -3.79. The van der Waals surface area contributed by atoms with Crippen LogP contribution < -0.4 is 40.8 Å². The normalized spacial score (nSPS) is 28.8. The maximum atomic E-state index is 14.1. The third kappa shape index (κ3) is 8.17. The quantitative estimate of drug-likeness (QED) is 0.210. The summed E-state index contributed by atoms with van der Waals surface area (Å²) in [6.45, 7) is 6.15. The summed E-state index contributed by atoms with van der Waals surface area (Å²) < 4.78 is 16.1. The number of aliphatic hydroxyl groups is 1. The van der Waals surface area contributed by atoms with E-state index in [0.717, 1.165) is 0 Å². The van der Waals surface area contributed by atoms with Crippen molar-refractivity contribution in [3.63, 3.8) is 0 Å². The van der Waals surface area contributed by atoms with Crippen molar-refractivity contribution in [3.8, 4) is 17.2 Å². The Morgan fingerprint density at radius 2 is 1.49 bits per heavy atom. The Balaban J connectivity index is 1.66. The first kappa shape index (κ1) is 37.2. The van der Waals surface area contributed by atoms with Crippen molar-refractivity contribution in [1.29, 1.82) is 0 Å². The van der Waals surface area contributed by atoms with Gasteiger partial charge in [-0.15, -0.1) is 0 Å². The topological polar surface area (TPSA) is 214 Å². The molecule has 2 aliphatic heterocycles. The molecule has 1 aromatic carbocycles. The fourth-order valence-corrected chi connectivity index (χ4v) is 6.65. The number of methoxy groups -OCH3 is 3. The number of nitrogens with zero attached hydrogens (tertiary/aromatic N) is 1. The van der Waals surface area contributed by atoms with Gasteiger partial charge in [-0.2, -0.15) is 0 Å². The molecule has 4 rings (SSSR count). The summed E-state index contributed by atoms with van der Waals surface area (Å²) in [4.78, 5) is 82.6. The zero-order valence-electron chi connectivity index (χ0n) is 29.0. The molecular formula is C33H48N6O10. The van der Waals surface area contributed by atoms with Gasteiger partial charge in [0.2, 0.25) is 35.3 Å². The highest BCUT2D eigenvalue weighted by Crippen LogP contribution is 2.38. The molecule has 0 unspecified atom stereocenters. The highest BCUT2D eigenvalue weighted by molar-refractivity contribution is 5.98. The van der Waals surface area contributed by atoms with Crippen LogP contribution in [0.15, 0.2) is 12.1 Å². The molecule has 3 aliphatic rings. The monoisotopic (exact) mass is 688 g/mol. The molecule has 2 heterocycles. The van der Waals surface area contributed by atoms with Gasteiger partial charge in [-0.3, -0.25) is 28.8 Å². The van der Waals surface area contributed by atoms with Gasteiger partial charge in [-0.1, -0.05) is 20.3 Å². The summed E-state index contributed by atoms with van der Waals surface area (Å²) in [6, 6.07) is -3.05. The lowest BCUT2D eigenvalue weighted by atomic mass is 9.98. The van der Waals surface area contributed by atoms with Gasteiger partial charge in [0, 0.05) is 24.2 Å². The van der Waals surface area contributed by atoms with Crippen LogP contribution in [0.2, 0.25) is 0 Å². The smallest absolute Gasteiger partial charge is 0.251 e. The number of nitrogens with one attached hydrogen (secondary N) is 5. The van der Waals surface area contributed by atoms with Gasteiger partial charge >= 0.3 is 0 Å². The van der Waals surface area contributed by atoms with Crippen LogP contribution in [0.1, 0.15) is 63.7 Å². The van der Waals surface area contributed by atoms with Gasteiger partial charge in [0.15, 0.2) is 11.5 Å². The van der Waals surface area contributed by atoms with Gasteiger partial charge in [-0.25, -0.2) is 0 Å². The molecule has 6 N–H and O–H groups in total. The van der Waals surface area contributed by atoms with Crippen LogP contribution in [-0.4, -0.2) is 116 Å². The van der Waals surface area contributed by atoms with Crippen molar-refractivity contribution < 1.29 is 48.1 Å². The van der Waals surface area contributed by atoms with Crippen LogP contribution in [0.25, 0.3) is 0 Å². The third-order valence-electron chi connectivity index (χ3n) is 9.37. The van der Waals surface area contributed by atoms with Crippen LogP contribution in [0, 0.1) is 11.8 Å². The molecule has 0 radical (unpaired) electrons. The van der Waals surface area contributed by atoms with E-state index in [0.29, 0.717) is 25.0 Å². The van der Waals surface area contributed by atoms with Gasteiger partial charge < -0.3 is 50.8 Å².